The zero-order chi connectivity index (χ0) is 25.9. The van der Waals surface area contributed by atoms with Crippen molar-refractivity contribution < 1.29 is 24.2 Å². The molecule has 3 amide bonds. The normalized spacial score (nSPS) is 17.8. The molecule has 0 aromatic heterocycles. The van der Waals surface area contributed by atoms with Gasteiger partial charge in [0.15, 0.2) is 0 Å². The fourth-order valence-electron chi connectivity index (χ4n) is 3.84. The van der Waals surface area contributed by atoms with Crippen LogP contribution in [0.2, 0.25) is 5.02 Å². The quantitative estimate of drug-likeness (QED) is 0.505. The molecule has 0 aliphatic heterocycles. The summed E-state index contributed by atoms with van der Waals surface area (Å²) in [6, 6.07) is 10.2. The third-order valence-electron chi connectivity index (χ3n) is 5.70. The van der Waals surface area contributed by atoms with E-state index >= 15 is 0 Å². The number of anilines is 1. The predicted molar refractivity (Wildman–Crippen MR) is 134 cm³/mol. The maximum absolute atomic E-state index is 13.7. The zero-order valence-electron chi connectivity index (χ0n) is 20.6. The van der Waals surface area contributed by atoms with Crippen molar-refractivity contribution in [3.8, 4) is 5.75 Å². The average molecular weight is 502 g/mol. The summed E-state index contributed by atoms with van der Waals surface area (Å²) < 4.78 is 5.23. The van der Waals surface area contributed by atoms with Gasteiger partial charge in [0.2, 0.25) is 5.91 Å². The first kappa shape index (κ1) is 26.3. The Labute approximate surface area is 210 Å². The summed E-state index contributed by atoms with van der Waals surface area (Å²) in [7, 11) is 0. The van der Waals surface area contributed by atoms with Crippen molar-refractivity contribution in [1.29, 1.82) is 0 Å². The fourth-order valence-corrected chi connectivity index (χ4v) is 4.11. The molecular weight excluding hydrogens is 470 g/mol. The van der Waals surface area contributed by atoms with Gasteiger partial charge in [-0.05, 0) is 69.4 Å². The average Bonchev–Trinajstić information content (AvgIpc) is 3.48. The Morgan fingerprint density at radius 3 is 2.34 bits per heavy atom. The Balaban J connectivity index is 1.92. The molecule has 1 aliphatic carbocycles. The molecule has 1 fully saturated rings. The van der Waals surface area contributed by atoms with Crippen molar-refractivity contribution in [2.45, 2.75) is 58.7 Å². The molecule has 35 heavy (non-hydrogen) atoms. The van der Waals surface area contributed by atoms with E-state index in [0.717, 1.165) is 12.0 Å². The molecule has 3 unspecified atom stereocenters. The number of hydrogen-bond acceptors (Lipinski definition) is 5. The minimum Gasteiger partial charge on any atom is -0.508 e. The summed E-state index contributed by atoms with van der Waals surface area (Å²) in [4.78, 5) is 40.7. The summed E-state index contributed by atoms with van der Waals surface area (Å²) in [5.74, 6) is -0.639. The van der Waals surface area contributed by atoms with E-state index in [0.29, 0.717) is 16.3 Å². The largest absolute Gasteiger partial charge is 0.508 e. The second kappa shape index (κ2) is 10.6. The molecule has 3 N–H and O–H groups in total. The van der Waals surface area contributed by atoms with Crippen LogP contribution in [0.4, 0.5) is 10.5 Å². The number of carbonyl (C=O) groups excluding carboxylic acids is 3. The van der Waals surface area contributed by atoms with Gasteiger partial charge in [-0.2, -0.15) is 0 Å². The molecule has 2 aromatic rings. The highest BCUT2D eigenvalue weighted by atomic mass is 35.5. The second-order valence-electron chi connectivity index (χ2n) is 9.85. The summed E-state index contributed by atoms with van der Waals surface area (Å²) in [5.41, 5.74) is 1.05. The second-order valence-corrected chi connectivity index (χ2v) is 10.3. The summed E-state index contributed by atoms with van der Waals surface area (Å²) in [6.45, 7) is 8.69. The Morgan fingerprint density at radius 2 is 1.80 bits per heavy atom. The van der Waals surface area contributed by atoms with Gasteiger partial charge in [-0.3, -0.25) is 9.59 Å². The number of nitrogens with zero attached hydrogens (tertiary/aromatic N) is 1. The number of ether oxygens (including phenoxy) is 1. The first-order chi connectivity index (χ1) is 16.4. The summed E-state index contributed by atoms with van der Waals surface area (Å²) >= 11 is 6.33. The molecule has 1 aliphatic rings. The highest BCUT2D eigenvalue weighted by molar-refractivity contribution is 6.34. The molecule has 0 radical (unpaired) electrons. The van der Waals surface area contributed by atoms with Gasteiger partial charge in [0.05, 0.1) is 10.7 Å². The van der Waals surface area contributed by atoms with Gasteiger partial charge < -0.3 is 25.4 Å². The number of phenols is 1. The highest BCUT2D eigenvalue weighted by Crippen LogP contribution is 2.41. The Bertz CT molecular complexity index is 1080. The SMILES string of the molecule is Cc1cccc(Cl)c1NC(=O)C(c1ccc(O)cc1)N(C(=O)CNC(=O)OC(C)(C)C)C1CC1C. The van der Waals surface area contributed by atoms with Crippen molar-refractivity contribution in [2.75, 3.05) is 11.9 Å². The molecule has 3 atom stereocenters. The van der Waals surface area contributed by atoms with E-state index in [4.69, 9.17) is 16.3 Å². The lowest BCUT2D eigenvalue weighted by Crippen LogP contribution is -2.48. The third kappa shape index (κ3) is 6.88. The smallest absolute Gasteiger partial charge is 0.408 e. The van der Waals surface area contributed by atoms with Crippen LogP contribution < -0.4 is 10.6 Å². The number of para-hydroxylation sites is 1. The number of aromatic hydroxyl groups is 1. The Hall–Kier alpha value is -3.26. The number of amides is 3. The van der Waals surface area contributed by atoms with Gasteiger partial charge in [-0.15, -0.1) is 0 Å². The number of nitrogens with one attached hydrogen (secondary N) is 2. The number of hydrogen-bond donors (Lipinski definition) is 3. The molecule has 188 valence electrons. The lowest BCUT2D eigenvalue weighted by Gasteiger charge is -2.32. The Morgan fingerprint density at radius 1 is 1.17 bits per heavy atom. The maximum Gasteiger partial charge on any atom is 0.408 e. The minimum atomic E-state index is -1.01. The van der Waals surface area contributed by atoms with Crippen LogP contribution in [-0.4, -0.2) is 46.1 Å². The van der Waals surface area contributed by atoms with Crippen molar-refractivity contribution in [2.24, 2.45) is 5.92 Å². The molecule has 0 saturated heterocycles. The number of benzene rings is 2. The van der Waals surface area contributed by atoms with E-state index in [-0.39, 0.29) is 24.3 Å². The number of halogens is 1. The molecule has 3 rings (SSSR count). The molecule has 2 aromatic carbocycles. The van der Waals surface area contributed by atoms with Crippen LogP contribution in [0.1, 0.15) is 51.3 Å². The number of rotatable bonds is 7. The number of alkyl carbamates (subject to hydrolysis) is 1. The van der Waals surface area contributed by atoms with E-state index in [1.54, 1.807) is 45.0 Å². The predicted octanol–water partition coefficient (Wildman–Crippen LogP) is 4.80. The van der Waals surface area contributed by atoms with Crippen molar-refractivity contribution in [1.82, 2.24) is 10.2 Å². The monoisotopic (exact) mass is 501 g/mol. The lowest BCUT2D eigenvalue weighted by atomic mass is 10.0. The maximum atomic E-state index is 13.7. The van der Waals surface area contributed by atoms with E-state index in [1.807, 2.05) is 19.9 Å². The van der Waals surface area contributed by atoms with Gasteiger partial charge in [0, 0.05) is 6.04 Å². The van der Waals surface area contributed by atoms with Crippen molar-refractivity contribution in [3.05, 3.63) is 58.6 Å². The standard InChI is InChI=1S/C26H32ClN3O5/c1-15-7-6-8-19(27)22(15)29-24(33)23(17-9-11-18(31)12-10-17)30(20-13-16(20)2)21(32)14-28-25(34)35-26(3,4)5/h6-12,16,20,23,31H,13-14H2,1-5H3,(H,28,34)(H,29,33). The van der Waals surface area contributed by atoms with E-state index in [9.17, 15) is 19.5 Å². The third-order valence-corrected chi connectivity index (χ3v) is 6.02. The molecular formula is C26H32ClN3O5. The van der Waals surface area contributed by atoms with Crippen LogP contribution in [0.25, 0.3) is 0 Å². The van der Waals surface area contributed by atoms with Crippen molar-refractivity contribution in [3.63, 3.8) is 0 Å². The number of aryl methyl sites for hydroxylation is 1. The van der Waals surface area contributed by atoms with Crippen LogP contribution in [-0.2, 0) is 14.3 Å². The van der Waals surface area contributed by atoms with E-state index in [1.165, 1.54) is 17.0 Å². The zero-order valence-corrected chi connectivity index (χ0v) is 21.3. The molecule has 8 nitrogen and oxygen atoms in total. The fraction of sp³-hybridized carbons (Fsp3) is 0.423. The molecule has 9 heteroatoms. The topological polar surface area (TPSA) is 108 Å². The van der Waals surface area contributed by atoms with Gasteiger partial charge in [0.25, 0.3) is 5.91 Å². The molecule has 1 saturated carbocycles. The van der Waals surface area contributed by atoms with Gasteiger partial charge >= 0.3 is 6.09 Å². The summed E-state index contributed by atoms with van der Waals surface area (Å²) in [6.07, 6.45) is 0.0116. The van der Waals surface area contributed by atoms with Crippen LogP contribution in [0.15, 0.2) is 42.5 Å². The number of carbonyl (C=O) groups is 3. The van der Waals surface area contributed by atoms with Crippen LogP contribution in [0.5, 0.6) is 5.75 Å². The Kier molecular flexibility index (Phi) is 7.95. The highest BCUT2D eigenvalue weighted by Gasteiger charge is 2.46. The van der Waals surface area contributed by atoms with Gasteiger partial charge in [-0.25, -0.2) is 4.79 Å². The number of phenolic OH excluding ortho intramolecular Hbond substituents is 1. The first-order valence-corrected chi connectivity index (χ1v) is 11.9. The minimum absolute atomic E-state index is 0.0408. The van der Waals surface area contributed by atoms with Crippen LogP contribution in [0.3, 0.4) is 0 Å². The van der Waals surface area contributed by atoms with Crippen molar-refractivity contribution >= 4 is 35.2 Å². The van der Waals surface area contributed by atoms with Crippen LogP contribution in [0, 0.1) is 12.8 Å². The first-order valence-electron chi connectivity index (χ1n) is 11.5. The summed E-state index contributed by atoms with van der Waals surface area (Å²) in [5, 5.41) is 15.5. The van der Waals surface area contributed by atoms with E-state index < -0.39 is 29.6 Å². The van der Waals surface area contributed by atoms with Gasteiger partial charge in [-0.1, -0.05) is 42.8 Å². The van der Waals surface area contributed by atoms with Crippen LogP contribution >= 0.6 is 11.6 Å². The van der Waals surface area contributed by atoms with Gasteiger partial charge in [0.1, 0.15) is 23.9 Å². The molecule has 0 heterocycles. The molecule has 0 spiro atoms. The van der Waals surface area contributed by atoms with E-state index in [2.05, 4.69) is 10.6 Å². The lowest BCUT2D eigenvalue weighted by molar-refractivity contribution is -0.139. The molecule has 0 bridgehead atoms.